The summed E-state index contributed by atoms with van der Waals surface area (Å²) in [6.45, 7) is 5.46. The minimum Gasteiger partial charge on any atom is -0.507 e. The van der Waals surface area contributed by atoms with Crippen LogP contribution in [0.2, 0.25) is 0 Å². The summed E-state index contributed by atoms with van der Waals surface area (Å²) in [5, 5.41) is 11.6. The van der Waals surface area contributed by atoms with E-state index < -0.39 is 23.7 Å². The summed E-state index contributed by atoms with van der Waals surface area (Å²) in [7, 11) is 1.49. The number of Topliss-reactive ketones (excluding diaryl/α,β-unsaturated/α-hetero) is 1. The normalized spacial score (nSPS) is 19.8. The van der Waals surface area contributed by atoms with E-state index in [4.69, 9.17) is 14.2 Å². The molecule has 1 aromatic heterocycles. The van der Waals surface area contributed by atoms with Crippen molar-refractivity contribution in [2.45, 2.75) is 39.3 Å². The van der Waals surface area contributed by atoms with E-state index in [9.17, 15) is 19.5 Å². The molecule has 2 aliphatic rings. The largest absolute Gasteiger partial charge is 0.507 e. The van der Waals surface area contributed by atoms with Gasteiger partial charge in [0.05, 0.1) is 25.0 Å². The number of fused-ring (bicyclic) bond motifs is 1. The van der Waals surface area contributed by atoms with Gasteiger partial charge in [-0.3, -0.25) is 14.5 Å². The summed E-state index contributed by atoms with van der Waals surface area (Å²) in [4.78, 5) is 45.4. The Labute approximate surface area is 223 Å². The number of nitrogens with zero attached hydrogens (tertiary/aromatic N) is 2. The van der Waals surface area contributed by atoms with E-state index in [1.165, 1.54) is 12.0 Å². The highest BCUT2D eigenvalue weighted by atomic mass is 32.1. The SMILES string of the molecule is CCOC(=O)c1sc(N2C(=O)C(=O)/C(=C(/O)c3ccc4c(c3)CC(C)O4)C2c2ccccc2OC)nc1C. The van der Waals surface area contributed by atoms with Gasteiger partial charge in [0.15, 0.2) is 5.13 Å². The Kier molecular flexibility index (Phi) is 6.66. The first-order valence-electron chi connectivity index (χ1n) is 12.1. The zero-order valence-corrected chi connectivity index (χ0v) is 22.1. The van der Waals surface area contributed by atoms with Crippen molar-refractivity contribution >= 4 is 39.9 Å². The molecule has 1 fully saturated rings. The van der Waals surface area contributed by atoms with Crippen LogP contribution in [0.25, 0.3) is 5.76 Å². The number of benzene rings is 2. The van der Waals surface area contributed by atoms with Gasteiger partial charge in [0.25, 0.3) is 5.78 Å². The molecular formula is C28H26N2O7S. The van der Waals surface area contributed by atoms with E-state index in [0.717, 1.165) is 22.6 Å². The molecule has 0 radical (unpaired) electrons. The number of aromatic nitrogens is 1. The minimum absolute atomic E-state index is 0.00305. The first-order valence-corrected chi connectivity index (χ1v) is 12.9. The summed E-state index contributed by atoms with van der Waals surface area (Å²) < 4.78 is 16.4. The van der Waals surface area contributed by atoms with E-state index in [2.05, 4.69) is 4.98 Å². The number of para-hydroxylation sites is 1. The van der Waals surface area contributed by atoms with Crippen molar-refractivity contribution in [2.75, 3.05) is 18.6 Å². The summed E-state index contributed by atoms with van der Waals surface area (Å²) in [5.41, 5.74) is 2.05. The predicted molar refractivity (Wildman–Crippen MR) is 141 cm³/mol. The van der Waals surface area contributed by atoms with Crippen molar-refractivity contribution in [1.82, 2.24) is 4.98 Å². The first kappa shape index (κ1) is 25.5. The number of aryl methyl sites for hydroxylation is 1. The number of ketones is 1. The van der Waals surface area contributed by atoms with Gasteiger partial charge < -0.3 is 19.3 Å². The van der Waals surface area contributed by atoms with Crippen molar-refractivity contribution in [3.05, 3.63) is 75.3 Å². The maximum absolute atomic E-state index is 13.5. The predicted octanol–water partition coefficient (Wildman–Crippen LogP) is 4.59. The fraction of sp³-hybridized carbons (Fsp3) is 0.286. The van der Waals surface area contributed by atoms with Crippen molar-refractivity contribution in [3.8, 4) is 11.5 Å². The average Bonchev–Trinajstić information content (AvgIpc) is 3.55. The van der Waals surface area contributed by atoms with E-state index in [1.807, 2.05) is 6.92 Å². The standard InChI is InChI=1S/C28H26N2O7S/c1-5-36-27(34)25-15(3)29-28(38-25)30-22(18-8-6-7-9-20(18)35-4)21(24(32)26(30)33)23(31)16-10-11-19-17(13-16)12-14(2)37-19/h6-11,13-14,22,31H,5,12H2,1-4H3/b23-21+. The van der Waals surface area contributed by atoms with Crippen LogP contribution in [0.15, 0.2) is 48.0 Å². The highest BCUT2D eigenvalue weighted by Gasteiger charge is 2.49. The number of thiazole rings is 1. The molecular weight excluding hydrogens is 508 g/mol. The maximum atomic E-state index is 13.5. The van der Waals surface area contributed by atoms with Gasteiger partial charge in [-0.25, -0.2) is 9.78 Å². The number of hydrogen-bond acceptors (Lipinski definition) is 9. The molecule has 3 heterocycles. The van der Waals surface area contributed by atoms with Crippen LogP contribution in [-0.4, -0.2) is 47.6 Å². The van der Waals surface area contributed by atoms with Crippen LogP contribution in [0.1, 0.15) is 51.9 Å². The van der Waals surface area contributed by atoms with Gasteiger partial charge in [0.1, 0.15) is 34.3 Å². The lowest BCUT2D eigenvalue weighted by Gasteiger charge is -2.24. The van der Waals surface area contributed by atoms with Crippen LogP contribution in [0.3, 0.4) is 0 Å². The van der Waals surface area contributed by atoms with Gasteiger partial charge in [-0.2, -0.15) is 0 Å². The monoisotopic (exact) mass is 534 g/mol. The second kappa shape index (κ2) is 9.94. The lowest BCUT2D eigenvalue weighted by Crippen LogP contribution is -2.29. The van der Waals surface area contributed by atoms with E-state index in [0.29, 0.717) is 29.0 Å². The van der Waals surface area contributed by atoms with Gasteiger partial charge in [0, 0.05) is 17.5 Å². The quantitative estimate of drug-likeness (QED) is 0.211. The van der Waals surface area contributed by atoms with Crippen molar-refractivity contribution in [1.29, 1.82) is 0 Å². The second-order valence-corrected chi connectivity index (χ2v) is 9.98. The molecule has 0 aliphatic carbocycles. The number of rotatable bonds is 6. The minimum atomic E-state index is -1.05. The summed E-state index contributed by atoms with van der Waals surface area (Å²) >= 11 is 0.954. The van der Waals surface area contributed by atoms with Crippen LogP contribution in [0.4, 0.5) is 5.13 Å². The number of aliphatic hydroxyl groups excluding tert-OH is 1. The van der Waals surface area contributed by atoms with Gasteiger partial charge in [0.2, 0.25) is 0 Å². The number of anilines is 1. The molecule has 1 amide bonds. The van der Waals surface area contributed by atoms with Gasteiger partial charge in [-0.1, -0.05) is 29.5 Å². The molecule has 0 spiro atoms. The van der Waals surface area contributed by atoms with Crippen LogP contribution < -0.4 is 14.4 Å². The molecule has 0 bridgehead atoms. The van der Waals surface area contributed by atoms with Crippen molar-refractivity contribution in [3.63, 3.8) is 0 Å². The number of aliphatic hydroxyl groups is 1. The molecule has 1 N–H and O–H groups in total. The van der Waals surface area contributed by atoms with Crippen LogP contribution >= 0.6 is 11.3 Å². The molecule has 2 unspecified atom stereocenters. The Balaban J connectivity index is 1.69. The molecule has 3 aromatic rings. The molecule has 2 aliphatic heterocycles. The topological polar surface area (TPSA) is 115 Å². The van der Waals surface area contributed by atoms with Gasteiger partial charge in [-0.05, 0) is 50.6 Å². The zero-order chi connectivity index (χ0) is 27.1. The number of carbonyl (C=O) groups is 3. The Bertz CT molecular complexity index is 1490. The summed E-state index contributed by atoms with van der Waals surface area (Å²) in [6.07, 6.45) is 0.666. The Hall–Kier alpha value is -4.18. The van der Waals surface area contributed by atoms with Gasteiger partial charge >= 0.3 is 11.9 Å². The number of hydrogen-bond donors (Lipinski definition) is 1. The fourth-order valence-electron chi connectivity index (χ4n) is 4.81. The molecule has 0 saturated carbocycles. The number of methoxy groups -OCH3 is 1. The molecule has 38 heavy (non-hydrogen) atoms. The Morgan fingerprint density at radius 3 is 2.74 bits per heavy atom. The van der Waals surface area contributed by atoms with Crippen molar-refractivity contribution < 1.29 is 33.7 Å². The molecule has 1 saturated heterocycles. The summed E-state index contributed by atoms with van der Waals surface area (Å²) in [5.74, 6) is -1.47. The second-order valence-electron chi connectivity index (χ2n) is 9.00. The number of ether oxygens (including phenoxy) is 3. The molecule has 10 heteroatoms. The Morgan fingerprint density at radius 2 is 2.00 bits per heavy atom. The van der Waals surface area contributed by atoms with Crippen LogP contribution in [-0.2, 0) is 20.7 Å². The summed E-state index contributed by atoms with van der Waals surface area (Å²) in [6, 6.07) is 11.1. The highest BCUT2D eigenvalue weighted by molar-refractivity contribution is 7.17. The smallest absolute Gasteiger partial charge is 0.350 e. The third kappa shape index (κ3) is 4.20. The molecule has 5 rings (SSSR count). The first-order chi connectivity index (χ1) is 18.2. The van der Waals surface area contributed by atoms with E-state index >= 15 is 0 Å². The molecule has 2 atom stereocenters. The molecule has 196 valence electrons. The maximum Gasteiger partial charge on any atom is 0.350 e. The zero-order valence-electron chi connectivity index (χ0n) is 21.3. The number of carbonyl (C=O) groups excluding carboxylic acids is 3. The third-order valence-corrected chi connectivity index (χ3v) is 7.64. The van der Waals surface area contributed by atoms with Gasteiger partial charge in [-0.15, -0.1) is 0 Å². The number of esters is 1. The number of amides is 1. The Morgan fingerprint density at radius 1 is 1.24 bits per heavy atom. The molecule has 2 aromatic carbocycles. The fourth-order valence-corrected chi connectivity index (χ4v) is 5.80. The van der Waals surface area contributed by atoms with E-state index in [-0.39, 0.29) is 34.1 Å². The van der Waals surface area contributed by atoms with E-state index in [1.54, 1.807) is 56.3 Å². The molecule has 9 nitrogen and oxygen atoms in total. The van der Waals surface area contributed by atoms with Crippen LogP contribution in [0.5, 0.6) is 11.5 Å². The van der Waals surface area contributed by atoms with Crippen LogP contribution in [0, 0.1) is 6.92 Å². The highest BCUT2D eigenvalue weighted by Crippen LogP contribution is 2.46. The van der Waals surface area contributed by atoms with Crippen molar-refractivity contribution in [2.24, 2.45) is 0 Å². The lowest BCUT2D eigenvalue weighted by molar-refractivity contribution is -0.132. The lowest BCUT2D eigenvalue weighted by atomic mass is 9.94. The average molecular weight is 535 g/mol. The third-order valence-electron chi connectivity index (χ3n) is 6.50.